The van der Waals surface area contributed by atoms with Gasteiger partial charge in [0.05, 0.1) is 6.10 Å². The standard InChI is InChI=1S/C15H22O5S/c1-10(16)21-9-8-13(17)14(18)11-6-4-5-7-12(11)15(19-2)20-3/h4-7,13-15,17-18H,8-9H2,1-3H3. The van der Waals surface area contributed by atoms with Crippen LogP contribution in [-0.2, 0) is 14.3 Å². The maximum absolute atomic E-state index is 10.9. The monoisotopic (exact) mass is 314 g/mol. The molecule has 0 fully saturated rings. The van der Waals surface area contributed by atoms with E-state index in [2.05, 4.69) is 0 Å². The second-order valence-corrected chi connectivity index (χ2v) is 5.84. The number of aliphatic hydroxyl groups is 2. The van der Waals surface area contributed by atoms with E-state index < -0.39 is 18.5 Å². The summed E-state index contributed by atoms with van der Waals surface area (Å²) in [5, 5.41) is 20.4. The zero-order valence-corrected chi connectivity index (χ0v) is 13.3. The number of carbonyl (C=O) groups excluding carboxylic acids is 1. The van der Waals surface area contributed by atoms with Crippen LogP contribution in [-0.4, -0.2) is 41.4 Å². The van der Waals surface area contributed by atoms with Gasteiger partial charge in [0.25, 0.3) is 0 Å². The van der Waals surface area contributed by atoms with E-state index in [4.69, 9.17) is 9.47 Å². The average Bonchev–Trinajstić information content (AvgIpc) is 2.48. The van der Waals surface area contributed by atoms with Crippen molar-refractivity contribution in [2.45, 2.75) is 31.8 Å². The topological polar surface area (TPSA) is 76.0 Å². The third kappa shape index (κ3) is 5.41. The van der Waals surface area contributed by atoms with Crippen molar-refractivity contribution in [2.24, 2.45) is 0 Å². The van der Waals surface area contributed by atoms with Gasteiger partial charge in [0.15, 0.2) is 11.4 Å². The van der Waals surface area contributed by atoms with Crippen LogP contribution in [0, 0.1) is 0 Å². The highest BCUT2D eigenvalue weighted by molar-refractivity contribution is 8.13. The maximum Gasteiger partial charge on any atom is 0.185 e. The number of hydrogen-bond acceptors (Lipinski definition) is 6. The van der Waals surface area contributed by atoms with Crippen LogP contribution in [0.5, 0.6) is 0 Å². The minimum Gasteiger partial charge on any atom is -0.390 e. The van der Waals surface area contributed by atoms with Gasteiger partial charge in [-0.3, -0.25) is 4.79 Å². The first-order valence-corrected chi connectivity index (χ1v) is 7.63. The summed E-state index contributed by atoms with van der Waals surface area (Å²) in [6, 6.07) is 7.11. The quantitative estimate of drug-likeness (QED) is 0.715. The molecule has 6 heteroatoms. The van der Waals surface area contributed by atoms with Crippen molar-refractivity contribution in [3.8, 4) is 0 Å². The number of rotatable bonds is 8. The predicted octanol–water partition coefficient (Wildman–Crippen LogP) is 2.04. The molecule has 1 aromatic carbocycles. The number of methoxy groups -OCH3 is 2. The van der Waals surface area contributed by atoms with Crippen LogP contribution < -0.4 is 0 Å². The van der Waals surface area contributed by atoms with Gasteiger partial charge in [0, 0.05) is 32.5 Å². The lowest BCUT2D eigenvalue weighted by atomic mass is 9.97. The Labute approximate surface area is 129 Å². The number of ether oxygens (including phenoxy) is 2. The average molecular weight is 314 g/mol. The molecule has 1 rings (SSSR count). The Hall–Kier alpha value is -0.920. The minimum atomic E-state index is -1.05. The van der Waals surface area contributed by atoms with Gasteiger partial charge in [-0.05, 0) is 12.0 Å². The van der Waals surface area contributed by atoms with Crippen LogP contribution in [0.25, 0.3) is 0 Å². The molecule has 0 radical (unpaired) electrons. The summed E-state index contributed by atoms with van der Waals surface area (Å²) >= 11 is 1.13. The molecule has 0 bridgehead atoms. The van der Waals surface area contributed by atoms with Crippen LogP contribution in [0.1, 0.15) is 36.9 Å². The molecule has 1 aromatic rings. The van der Waals surface area contributed by atoms with Gasteiger partial charge < -0.3 is 19.7 Å². The molecule has 0 spiro atoms. The van der Waals surface area contributed by atoms with Crippen LogP contribution in [0.2, 0.25) is 0 Å². The highest BCUT2D eigenvalue weighted by Gasteiger charge is 2.24. The van der Waals surface area contributed by atoms with Crippen molar-refractivity contribution in [1.82, 2.24) is 0 Å². The molecule has 0 saturated heterocycles. The zero-order chi connectivity index (χ0) is 15.8. The van der Waals surface area contributed by atoms with Crippen molar-refractivity contribution in [3.05, 3.63) is 35.4 Å². The largest absolute Gasteiger partial charge is 0.390 e. The van der Waals surface area contributed by atoms with E-state index >= 15 is 0 Å². The Bertz CT molecular complexity index is 447. The summed E-state index contributed by atoms with van der Waals surface area (Å²) in [5.41, 5.74) is 1.24. The summed E-state index contributed by atoms with van der Waals surface area (Å²) in [6.07, 6.45) is -2.28. The molecule has 0 aliphatic heterocycles. The molecule has 0 aromatic heterocycles. The van der Waals surface area contributed by atoms with Crippen molar-refractivity contribution in [3.63, 3.8) is 0 Å². The van der Waals surface area contributed by atoms with Crippen molar-refractivity contribution < 1.29 is 24.5 Å². The molecule has 0 amide bonds. The molecule has 118 valence electrons. The van der Waals surface area contributed by atoms with E-state index in [-0.39, 0.29) is 5.12 Å². The fourth-order valence-corrected chi connectivity index (χ4v) is 2.68. The molecule has 2 atom stereocenters. The number of aliphatic hydroxyl groups excluding tert-OH is 2. The van der Waals surface area contributed by atoms with E-state index in [0.29, 0.717) is 23.3 Å². The Kier molecular flexibility index (Phi) is 7.92. The first-order valence-electron chi connectivity index (χ1n) is 6.65. The Morgan fingerprint density at radius 3 is 2.29 bits per heavy atom. The normalized spacial score (nSPS) is 14.2. The molecule has 5 nitrogen and oxygen atoms in total. The van der Waals surface area contributed by atoms with Crippen molar-refractivity contribution in [2.75, 3.05) is 20.0 Å². The Morgan fingerprint density at radius 2 is 1.76 bits per heavy atom. The van der Waals surface area contributed by atoms with Gasteiger partial charge in [-0.1, -0.05) is 36.0 Å². The van der Waals surface area contributed by atoms with E-state index in [9.17, 15) is 15.0 Å². The summed E-state index contributed by atoms with van der Waals surface area (Å²) in [4.78, 5) is 10.9. The van der Waals surface area contributed by atoms with Gasteiger partial charge in [0.2, 0.25) is 0 Å². The molecule has 0 aliphatic carbocycles. The molecular formula is C15H22O5S. The van der Waals surface area contributed by atoms with E-state index in [0.717, 1.165) is 11.8 Å². The lowest BCUT2D eigenvalue weighted by Gasteiger charge is -2.23. The van der Waals surface area contributed by atoms with Crippen LogP contribution >= 0.6 is 11.8 Å². The molecule has 0 aliphatic rings. The molecule has 2 unspecified atom stereocenters. The smallest absolute Gasteiger partial charge is 0.185 e. The summed E-state index contributed by atoms with van der Waals surface area (Å²) in [5.74, 6) is 0.466. The second kappa shape index (κ2) is 9.17. The van der Waals surface area contributed by atoms with Crippen LogP contribution in [0.15, 0.2) is 24.3 Å². The van der Waals surface area contributed by atoms with Gasteiger partial charge in [-0.15, -0.1) is 0 Å². The Balaban J connectivity index is 2.81. The summed E-state index contributed by atoms with van der Waals surface area (Å²) < 4.78 is 10.4. The van der Waals surface area contributed by atoms with Gasteiger partial charge >= 0.3 is 0 Å². The number of benzene rings is 1. The molecule has 0 saturated carbocycles. The SMILES string of the molecule is COC(OC)c1ccccc1C(O)C(O)CCSC(C)=O. The van der Waals surface area contributed by atoms with E-state index in [1.807, 2.05) is 6.07 Å². The van der Waals surface area contributed by atoms with E-state index in [1.165, 1.54) is 21.1 Å². The number of hydrogen-bond donors (Lipinski definition) is 2. The first kappa shape index (κ1) is 18.1. The lowest BCUT2D eigenvalue weighted by molar-refractivity contribution is -0.109. The fourth-order valence-electron chi connectivity index (χ4n) is 2.03. The third-order valence-electron chi connectivity index (χ3n) is 3.08. The van der Waals surface area contributed by atoms with Gasteiger partial charge in [-0.25, -0.2) is 0 Å². The zero-order valence-electron chi connectivity index (χ0n) is 12.5. The molecule has 0 heterocycles. The van der Waals surface area contributed by atoms with Crippen LogP contribution in [0.3, 0.4) is 0 Å². The second-order valence-electron chi connectivity index (χ2n) is 4.57. The van der Waals surface area contributed by atoms with Gasteiger partial charge in [0.1, 0.15) is 6.10 Å². The first-order chi connectivity index (χ1) is 10.0. The van der Waals surface area contributed by atoms with Gasteiger partial charge in [-0.2, -0.15) is 0 Å². The molecular weight excluding hydrogens is 292 g/mol. The highest BCUT2D eigenvalue weighted by Crippen LogP contribution is 2.29. The third-order valence-corrected chi connectivity index (χ3v) is 3.93. The maximum atomic E-state index is 10.9. The predicted molar refractivity (Wildman–Crippen MR) is 81.9 cm³/mol. The Morgan fingerprint density at radius 1 is 1.19 bits per heavy atom. The highest BCUT2D eigenvalue weighted by atomic mass is 32.2. The minimum absolute atomic E-state index is 0.00378. The van der Waals surface area contributed by atoms with E-state index in [1.54, 1.807) is 18.2 Å². The summed E-state index contributed by atoms with van der Waals surface area (Å²) in [6.45, 7) is 1.48. The molecule has 21 heavy (non-hydrogen) atoms. The summed E-state index contributed by atoms with van der Waals surface area (Å²) in [7, 11) is 3.02. The number of thioether (sulfide) groups is 1. The lowest BCUT2D eigenvalue weighted by Crippen LogP contribution is -2.21. The van der Waals surface area contributed by atoms with Crippen molar-refractivity contribution in [1.29, 1.82) is 0 Å². The van der Waals surface area contributed by atoms with Crippen LogP contribution in [0.4, 0.5) is 0 Å². The van der Waals surface area contributed by atoms with Crippen molar-refractivity contribution >= 4 is 16.9 Å². The fraction of sp³-hybridized carbons (Fsp3) is 0.533. The molecule has 2 N–H and O–H groups in total. The number of carbonyl (C=O) groups is 1.